The van der Waals surface area contributed by atoms with Gasteiger partial charge >= 0.3 is 5.97 Å². The maximum atomic E-state index is 13.0. The summed E-state index contributed by atoms with van der Waals surface area (Å²) in [6.07, 6.45) is -1.09. The first-order valence-corrected chi connectivity index (χ1v) is 7.37. The van der Waals surface area contributed by atoms with Gasteiger partial charge in [-0.2, -0.15) is 5.26 Å². The summed E-state index contributed by atoms with van der Waals surface area (Å²) in [4.78, 5) is 23.8. The number of nitrogens with one attached hydrogen (secondary N) is 1. The summed E-state index contributed by atoms with van der Waals surface area (Å²) in [6.45, 7) is 0.931. The van der Waals surface area contributed by atoms with E-state index in [0.29, 0.717) is 11.3 Å². The van der Waals surface area contributed by atoms with Gasteiger partial charge in [0.1, 0.15) is 17.6 Å². The number of ether oxygens (including phenoxy) is 2. The molecule has 0 aromatic heterocycles. The van der Waals surface area contributed by atoms with Crippen molar-refractivity contribution in [3.63, 3.8) is 0 Å². The van der Waals surface area contributed by atoms with Crippen LogP contribution in [0.25, 0.3) is 0 Å². The van der Waals surface area contributed by atoms with E-state index in [9.17, 15) is 14.0 Å². The van der Waals surface area contributed by atoms with E-state index in [2.05, 4.69) is 5.32 Å². The molecular weight excluding hydrogens is 327 g/mol. The highest BCUT2D eigenvalue weighted by Gasteiger charge is 2.19. The van der Waals surface area contributed by atoms with Gasteiger partial charge in [0.2, 0.25) is 0 Å². The normalized spacial score (nSPS) is 11.1. The van der Waals surface area contributed by atoms with E-state index in [4.69, 9.17) is 14.7 Å². The fraction of sp³-hybridized carbons (Fsp3) is 0.167. The van der Waals surface area contributed by atoms with Crippen LogP contribution in [0.3, 0.4) is 0 Å². The second-order valence-corrected chi connectivity index (χ2v) is 5.02. The maximum Gasteiger partial charge on any atom is 0.344 e. The molecule has 0 radical (unpaired) electrons. The molecule has 0 unspecified atom stereocenters. The summed E-state index contributed by atoms with van der Waals surface area (Å²) < 4.78 is 23.1. The van der Waals surface area contributed by atoms with Gasteiger partial charge in [0.25, 0.3) is 5.91 Å². The molecule has 1 amide bonds. The number of hydrogen-bond acceptors (Lipinski definition) is 5. The van der Waals surface area contributed by atoms with Gasteiger partial charge < -0.3 is 14.8 Å². The number of rotatable bonds is 6. The van der Waals surface area contributed by atoms with Gasteiger partial charge in [0.05, 0.1) is 11.3 Å². The number of anilines is 1. The van der Waals surface area contributed by atoms with E-state index in [0.717, 1.165) is 6.07 Å². The quantitative estimate of drug-likeness (QED) is 0.815. The zero-order chi connectivity index (χ0) is 18.2. The van der Waals surface area contributed by atoms with Crippen molar-refractivity contribution in [2.75, 3.05) is 11.9 Å². The number of hydrogen-bond donors (Lipinski definition) is 1. The minimum atomic E-state index is -1.09. The Morgan fingerprint density at radius 3 is 2.72 bits per heavy atom. The Balaban J connectivity index is 1.86. The average Bonchev–Trinajstić information content (AvgIpc) is 2.60. The summed E-state index contributed by atoms with van der Waals surface area (Å²) in [5.74, 6) is -1.67. The Labute approximate surface area is 143 Å². The van der Waals surface area contributed by atoms with Crippen LogP contribution in [0.1, 0.15) is 12.5 Å². The Kier molecular flexibility index (Phi) is 6.07. The van der Waals surface area contributed by atoms with Crippen LogP contribution in [-0.2, 0) is 14.3 Å². The van der Waals surface area contributed by atoms with Gasteiger partial charge in [-0.25, -0.2) is 9.18 Å². The largest absolute Gasteiger partial charge is 0.482 e. The number of nitrogens with zero attached hydrogens (tertiary/aromatic N) is 1. The maximum absolute atomic E-state index is 13.0. The molecule has 0 fully saturated rings. The molecule has 6 nitrogen and oxygen atoms in total. The van der Waals surface area contributed by atoms with E-state index >= 15 is 0 Å². The number of carbonyl (C=O) groups is 2. The van der Waals surface area contributed by atoms with E-state index in [1.807, 2.05) is 6.07 Å². The lowest BCUT2D eigenvalue weighted by Crippen LogP contribution is -2.31. The number of esters is 1. The summed E-state index contributed by atoms with van der Waals surface area (Å²) in [6, 6.07) is 13.7. The third-order valence-corrected chi connectivity index (χ3v) is 3.14. The first-order chi connectivity index (χ1) is 12.0. The van der Waals surface area contributed by atoms with Crippen molar-refractivity contribution in [2.45, 2.75) is 13.0 Å². The fourth-order valence-corrected chi connectivity index (χ4v) is 1.91. The molecule has 0 saturated carbocycles. The zero-order valence-electron chi connectivity index (χ0n) is 13.4. The molecule has 0 spiro atoms. The lowest BCUT2D eigenvalue weighted by Gasteiger charge is -2.14. The average molecular weight is 342 g/mol. The first-order valence-electron chi connectivity index (χ1n) is 7.37. The van der Waals surface area contributed by atoms with Crippen LogP contribution in [0.2, 0.25) is 0 Å². The molecule has 128 valence electrons. The smallest absolute Gasteiger partial charge is 0.344 e. The Morgan fingerprint density at radius 1 is 1.24 bits per heavy atom. The summed E-state index contributed by atoms with van der Waals surface area (Å²) in [5, 5.41) is 11.5. The van der Waals surface area contributed by atoms with E-state index in [1.165, 1.54) is 25.1 Å². The van der Waals surface area contributed by atoms with E-state index < -0.39 is 30.4 Å². The standard InChI is InChI=1S/C18H15FN2O4/c1-12(18(23)21-16-8-3-2-5-13(16)10-20)25-17(22)11-24-15-7-4-6-14(19)9-15/h2-9,12H,11H2,1H3,(H,21,23)/t12-/m0/s1. The van der Waals surface area contributed by atoms with Crippen molar-refractivity contribution in [1.82, 2.24) is 0 Å². The van der Waals surface area contributed by atoms with Gasteiger partial charge in [0, 0.05) is 6.07 Å². The van der Waals surface area contributed by atoms with Gasteiger partial charge in [-0.3, -0.25) is 4.79 Å². The predicted molar refractivity (Wildman–Crippen MR) is 87.2 cm³/mol. The summed E-state index contributed by atoms with van der Waals surface area (Å²) in [7, 11) is 0. The van der Waals surface area contributed by atoms with E-state index in [1.54, 1.807) is 24.3 Å². The molecule has 0 bridgehead atoms. The van der Waals surface area contributed by atoms with Crippen LogP contribution >= 0.6 is 0 Å². The monoisotopic (exact) mass is 342 g/mol. The summed E-state index contributed by atoms with van der Waals surface area (Å²) >= 11 is 0. The van der Waals surface area contributed by atoms with Crippen molar-refractivity contribution in [1.29, 1.82) is 5.26 Å². The molecule has 7 heteroatoms. The predicted octanol–water partition coefficient (Wildman–Crippen LogP) is 2.65. The van der Waals surface area contributed by atoms with Crippen molar-refractivity contribution < 1.29 is 23.5 Å². The fourth-order valence-electron chi connectivity index (χ4n) is 1.91. The summed E-state index contributed by atoms with van der Waals surface area (Å²) in [5.41, 5.74) is 0.623. The highest BCUT2D eigenvalue weighted by molar-refractivity contribution is 5.96. The third kappa shape index (κ3) is 5.32. The van der Waals surface area contributed by atoms with Gasteiger partial charge in [-0.05, 0) is 31.2 Å². The Hall–Kier alpha value is -3.40. The number of nitriles is 1. The minimum absolute atomic E-state index is 0.178. The van der Waals surface area contributed by atoms with Crippen LogP contribution in [0.5, 0.6) is 5.75 Å². The van der Waals surface area contributed by atoms with Crippen LogP contribution in [0.4, 0.5) is 10.1 Å². The second kappa shape index (κ2) is 8.45. The van der Waals surface area contributed by atoms with Crippen molar-refractivity contribution in [3.8, 4) is 11.8 Å². The topological polar surface area (TPSA) is 88.4 Å². The zero-order valence-corrected chi connectivity index (χ0v) is 13.4. The van der Waals surface area contributed by atoms with Crippen molar-refractivity contribution >= 4 is 17.6 Å². The van der Waals surface area contributed by atoms with Crippen LogP contribution in [0, 0.1) is 17.1 Å². The molecule has 1 N–H and O–H groups in total. The Morgan fingerprint density at radius 2 is 2.00 bits per heavy atom. The minimum Gasteiger partial charge on any atom is -0.482 e. The lowest BCUT2D eigenvalue weighted by atomic mass is 10.2. The molecule has 0 saturated heterocycles. The molecule has 25 heavy (non-hydrogen) atoms. The van der Waals surface area contributed by atoms with Gasteiger partial charge in [-0.15, -0.1) is 0 Å². The van der Waals surface area contributed by atoms with Gasteiger partial charge in [-0.1, -0.05) is 18.2 Å². The third-order valence-electron chi connectivity index (χ3n) is 3.14. The second-order valence-electron chi connectivity index (χ2n) is 5.02. The molecule has 2 rings (SSSR count). The molecule has 0 heterocycles. The highest BCUT2D eigenvalue weighted by Crippen LogP contribution is 2.14. The van der Waals surface area contributed by atoms with Crippen LogP contribution in [0.15, 0.2) is 48.5 Å². The molecule has 0 aliphatic rings. The number of carbonyl (C=O) groups excluding carboxylic acids is 2. The number of benzene rings is 2. The van der Waals surface area contributed by atoms with Gasteiger partial charge in [0.15, 0.2) is 12.7 Å². The van der Waals surface area contributed by atoms with Crippen molar-refractivity contribution in [2.24, 2.45) is 0 Å². The van der Waals surface area contributed by atoms with Crippen molar-refractivity contribution in [3.05, 3.63) is 59.9 Å². The molecular formula is C18H15FN2O4. The highest BCUT2D eigenvalue weighted by atomic mass is 19.1. The van der Waals surface area contributed by atoms with E-state index in [-0.39, 0.29) is 5.75 Å². The molecule has 2 aromatic carbocycles. The number of para-hydroxylation sites is 1. The molecule has 2 aromatic rings. The Bertz CT molecular complexity index is 817. The molecule has 0 aliphatic heterocycles. The SMILES string of the molecule is C[C@H](OC(=O)COc1cccc(F)c1)C(=O)Nc1ccccc1C#N. The molecule has 0 aliphatic carbocycles. The first kappa shape index (κ1) is 17.9. The number of amides is 1. The number of halogens is 1. The lowest BCUT2D eigenvalue weighted by molar-refractivity contribution is -0.155. The van der Waals surface area contributed by atoms with Crippen LogP contribution in [-0.4, -0.2) is 24.6 Å². The van der Waals surface area contributed by atoms with Crippen LogP contribution < -0.4 is 10.1 Å². The molecule has 1 atom stereocenters.